The highest BCUT2D eigenvalue weighted by Gasteiger charge is 2.22. The Kier molecular flexibility index (Phi) is 3.19. The van der Waals surface area contributed by atoms with Crippen LogP contribution in [0.4, 0.5) is 5.69 Å². The lowest BCUT2D eigenvalue weighted by atomic mass is 10.1. The zero-order valence-corrected chi connectivity index (χ0v) is 10.7. The Hall–Kier alpha value is -1.36. The van der Waals surface area contributed by atoms with Gasteiger partial charge in [-0.05, 0) is 40.2 Å². The molecular weight excluding hydrogens is 216 g/mol. The summed E-state index contributed by atoms with van der Waals surface area (Å²) in [6.45, 7) is 7.15. The first-order valence-corrected chi connectivity index (χ1v) is 6.06. The molecule has 0 aromatic carbocycles. The van der Waals surface area contributed by atoms with Gasteiger partial charge in [0.2, 0.25) is 5.91 Å². The van der Waals surface area contributed by atoms with Crippen LogP contribution in [-0.4, -0.2) is 28.3 Å². The molecule has 1 aliphatic heterocycles. The number of carbonyl (C=O) groups excluding carboxylic acids is 1. The minimum atomic E-state index is -0.0609. The summed E-state index contributed by atoms with van der Waals surface area (Å²) in [7, 11) is 0. The molecule has 94 valence electrons. The molecule has 17 heavy (non-hydrogen) atoms. The van der Waals surface area contributed by atoms with Gasteiger partial charge in [-0.2, -0.15) is 5.10 Å². The highest BCUT2D eigenvalue weighted by atomic mass is 16.2. The third kappa shape index (κ3) is 2.85. The van der Waals surface area contributed by atoms with Crippen molar-refractivity contribution in [1.29, 1.82) is 0 Å². The van der Waals surface area contributed by atoms with Crippen molar-refractivity contribution in [2.24, 2.45) is 0 Å². The molecule has 1 saturated heterocycles. The number of hydrogen-bond donors (Lipinski definition) is 2. The number of nitrogens with zero attached hydrogens (tertiary/aromatic N) is 2. The van der Waals surface area contributed by atoms with E-state index in [-0.39, 0.29) is 17.5 Å². The first-order chi connectivity index (χ1) is 7.97. The van der Waals surface area contributed by atoms with Crippen LogP contribution in [0, 0.1) is 0 Å². The Morgan fingerprint density at radius 3 is 2.88 bits per heavy atom. The molecule has 5 nitrogen and oxygen atoms in total. The van der Waals surface area contributed by atoms with E-state index in [2.05, 4.69) is 36.5 Å². The molecule has 0 saturated carbocycles. The van der Waals surface area contributed by atoms with Gasteiger partial charge in [0.05, 0.1) is 23.5 Å². The Labute approximate surface area is 102 Å². The van der Waals surface area contributed by atoms with Gasteiger partial charge in [-0.15, -0.1) is 0 Å². The lowest BCUT2D eigenvalue weighted by molar-refractivity contribution is -0.117. The fourth-order valence-corrected chi connectivity index (χ4v) is 1.89. The van der Waals surface area contributed by atoms with Crippen LogP contribution in [0.3, 0.4) is 0 Å². The molecule has 2 N–H and O–H groups in total. The normalized spacial score (nSPS) is 20.5. The molecule has 5 heteroatoms. The number of rotatable bonds is 2. The summed E-state index contributed by atoms with van der Waals surface area (Å²) < 4.78 is 1.85. The van der Waals surface area contributed by atoms with Crippen LogP contribution < -0.4 is 10.6 Å². The second kappa shape index (κ2) is 4.49. The Balaban J connectivity index is 1.99. The summed E-state index contributed by atoms with van der Waals surface area (Å²) in [6, 6.07) is -0.0482. The quantitative estimate of drug-likeness (QED) is 0.814. The Morgan fingerprint density at radius 2 is 2.35 bits per heavy atom. The zero-order valence-electron chi connectivity index (χ0n) is 10.7. The number of amides is 1. The van der Waals surface area contributed by atoms with Crippen LogP contribution in [0.5, 0.6) is 0 Å². The molecule has 2 heterocycles. The zero-order chi connectivity index (χ0) is 12.5. The van der Waals surface area contributed by atoms with E-state index in [9.17, 15) is 4.79 Å². The predicted molar refractivity (Wildman–Crippen MR) is 66.9 cm³/mol. The van der Waals surface area contributed by atoms with Crippen molar-refractivity contribution in [3.63, 3.8) is 0 Å². The van der Waals surface area contributed by atoms with Crippen LogP contribution in [0.15, 0.2) is 12.4 Å². The second-order valence-corrected chi connectivity index (χ2v) is 5.48. The first kappa shape index (κ1) is 12.1. The van der Waals surface area contributed by atoms with Crippen molar-refractivity contribution in [1.82, 2.24) is 15.1 Å². The minimum absolute atomic E-state index is 0.0379. The summed E-state index contributed by atoms with van der Waals surface area (Å²) in [6.07, 6.45) is 5.55. The van der Waals surface area contributed by atoms with E-state index in [1.54, 1.807) is 6.20 Å². The van der Waals surface area contributed by atoms with Gasteiger partial charge in [0, 0.05) is 6.20 Å². The lowest BCUT2D eigenvalue weighted by Gasteiger charge is -2.18. The molecule has 1 amide bonds. The van der Waals surface area contributed by atoms with Crippen LogP contribution in [0.1, 0.15) is 33.6 Å². The van der Waals surface area contributed by atoms with E-state index in [4.69, 9.17) is 0 Å². The summed E-state index contributed by atoms with van der Waals surface area (Å²) in [5.41, 5.74) is 0.702. The van der Waals surface area contributed by atoms with Crippen LogP contribution >= 0.6 is 0 Å². The van der Waals surface area contributed by atoms with E-state index in [1.165, 1.54) is 0 Å². The van der Waals surface area contributed by atoms with Gasteiger partial charge in [0.15, 0.2) is 0 Å². The van der Waals surface area contributed by atoms with Gasteiger partial charge in [0.1, 0.15) is 0 Å². The third-order valence-electron chi connectivity index (χ3n) is 2.91. The highest BCUT2D eigenvalue weighted by Crippen LogP contribution is 2.16. The standard InChI is InChI=1S/C12H20N4O/c1-12(2,3)16-8-9(7-14-16)15-11(17)10-5-4-6-13-10/h7-8,10,13H,4-6H2,1-3H3,(H,15,17). The number of nitrogens with one attached hydrogen (secondary N) is 2. The van der Waals surface area contributed by atoms with Crippen molar-refractivity contribution in [2.75, 3.05) is 11.9 Å². The molecule has 0 radical (unpaired) electrons. The molecular formula is C12H20N4O. The molecule has 2 rings (SSSR count). The fraction of sp³-hybridized carbons (Fsp3) is 0.667. The van der Waals surface area contributed by atoms with Crippen molar-refractivity contribution in [2.45, 2.75) is 45.2 Å². The molecule has 1 aliphatic rings. The number of aromatic nitrogens is 2. The molecule has 0 spiro atoms. The van der Waals surface area contributed by atoms with E-state index in [1.807, 2.05) is 10.9 Å². The van der Waals surface area contributed by atoms with Gasteiger partial charge < -0.3 is 10.6 Å². The molecule has 1 atom stereocenters. The maximum atomic E-state index is 11.9. The smallest absolute Gasteiger partial charge is 0.241 e. The maximum absolute atomic E-state index is 11.9. The number of carbonyl (C=O) groups is 1. The van der Waals surface area contributed by atoms with Crippen LogP contribution in [0.25, 0.3) is 0 Å². The topological polar surface area (TPSA) is 59.0 Å². The van der Waals surface area contributed by atoms with E-state index >= 15 is 0 Å². The van der Waals surface area contributed by atoms with Gasteiger partial charge in [0.25, 0.3) is 0 Å². The van der Waals surface area contributed by atoms with Crippen LogP contribution in [-0.2, 0) is 10.3 Å². The van der Waals surface area contributed by atoms with E-state index < -0.39 is 0 Å². The van der Waals surface area contributed by atoms with E-state index in [0.717, 1.165) is 25.1 Å². The highest BCUT2D eigenvalue weighted by molar-refractivity contribution is 5.94. The van der Waals surface area contributed by atoms with Crippen molar-refractivity contribution < 1.29 is 4.79 Å². The van der Waals surface area contributed by atoms with Crippen LogP contribution in [0.2, 0.25) is 0 Å². The molecule has 1 aromatic heterocycles. The van der Waals surface area contributed by atoms with Crippen molar-refractivity contribution in [3.05, 3.63) is 12.4 Å². The third-order valence-corrected chi connectivity index (χ3v) is 2.91. The average Bonchev–Trinajstić information content (AvgIpc) is 2.85. The van der Waals surface area contributed by atoms with E-state index in [0.29, 0.717) is 0 Å². The largest absolute Gasteiger partial charge is 0.322 e. The molecule has 1 unspecified atom stereocenters. The van der Waals surface area contributed by atoms with Gasteiger partial charge in [-0.1, -0.05) is 0 Å². The van der Waals surface area contributed by atoms with Gasteiger partial charge >= 0.3 is 0 Å². The summed E-state index contributed by atoms with van der Waals surface area (Å²) in [5.74, 6) is 0.0379. The SMILES string of the molecule is CC(C)(C)n1cc(NC(=O)C2CCCN2)cn1. The number of hydrogen-bond acceptors (Lipinski definition) is 3. The minimum Gasteiger partial charge on any atom is -0.322 e. The monoisotopic (exact) mass is 236 g/mol. The van der Waals surface area contributed by atoms with Gasteiger partial charge in [-0.25, -0.2) is 0 Å². The second-order valence-electron chi connectivity index (χ2n) is 5.48. The Bertz CT molecular complexity index is 399. The van der Waals surface area contributed by atoms with Crippen molar-refractivity contribution in [3.8, 4) is 0 Å². The van der Waals surface area contributed by atoms with Crippen molar-refractivity contribution >= 4 is 11.6 Å². The summed E-state index contributed by atoms with van der Waals surface area (Å²) in [4.78, 5) is 11.9. The molecule has 1 aromatic rings. The predicted octanol–water partition coefficient (Wildman–Crippen LogP) is 1.33. The average molecular weight is 236 g/mol. The molecule has 0 bridgehead atoms. The fourth-order valence-electron chi connectivity index (χ4n) is 1.89. The maximum Gasteiger partial charge on any atom is 0.241 e. The lowest BCUT2D eigenvalue weighted by Crippen LogP contribution is -2.35. The number of anilines is 1. The summed E-state index contributed by atoms with van der Waals surface area (Å²) in [5, 5.41) is 10.3. The molecule has 1 fully saturated rings. The first-order valence-electron chi connectivity index (χ1n) is 6.06. The molecule has 0 aliphatic carbocycles. The Morgan fingerprint density at radius 1 is 1.59 bits per heavy atom. The van der Waals surface area contributed by atoms with Gasteiger partial charge in [-0.3, -0.25) is 9.48 Å². The summed E-state index contributed by atoms with van der Waals surface area (Å²) >= 11 is 0.